The molecule has 1 heterocycles. The summed E-state index contributed by atoms with van der Waals surface area (Å²) in [5.41, 5.74) is 6.40. The number of carbonyl (C=O) groups excluding carboxylic acids is 1. The maximum absolute atomic E-state index is 11.7. The van der Waals surface area contributed by atoms with Crippen molar-refractivity contribution in [2.24, 2.45) is 0 Å². The summed E-state index contributed by atoms with van der Waals surface area (Å²) in [7, 11) is 0. The Morgan fingerprint density at radius 3 is 2.82 bits per heavy atom. The van der Waals surface area contributed by atoms with Gasteiger partial charge in [0, 0.05) is 11.0 Å². The summed E-state index contributed by atoms with van der Waals surface area (Å²) in [6.45, 7) is 0.430. The number of nitrogen functional groups attached to an aromatic ring is 1. The number of nitrogens with one attached hydrogen (secondary N) is 1. The van der Waals surface area contributed by atoms with Crippen molar-refractivity contribution >= 4 is 38.3 Å². The minimum Gasteiger partial charge on any atom is -0.374 e. The highest BCUT2D eigenvalue weighted by molar-refractivity contribution is 9.10. The molecular formula is C10H9BrN4OS. The van der Waals surface area contributed by atoms with Crippen molar-refractivity contribution in [1.82, 2.24) is 15.5 Å². The van der Waals surface area contributed by atoms with Crippen LogP contribution in [0.3, 0.4) is 0 Å². The number of carbonyl (C=O) groups is 1. The van der Waals surface area contributed by atoms with Crippen LogP contribution >= 0.6 is 27.3 Å². The second kappa shape index (κ2) is 5.24. The van der Waals surface area contributed by atoms with E-state index in [9.17, 15) is 4.79 Å². The SMILES string of the molecule is Nc1nnc(C(=O)NCc2ccccc2Br)s1. The predicted octanol–water partition coefficient (Wildman–Crippen LogP) is 1.81. The lowest BCUT2D eigenvalue weighted by Gasteiger charge is -2.04. The van der Waals surface area contributed by atoms with Gasteiger partial charge in [-0.15, -0.1) is 10.2 Å². The molecule has 0 aliphatic heterocycles. The molecule has 0 aliphatic carbocycles. The van der Waals surface area contributed by atoms with E-state index in [2.05, 4.69) is 31.4 Å². The summed E-state index contributed by atoms with van der Waals surface area (Å²) in [5, 5.41) is 10.6. The average molecular weight is 313 g/mol. The number of anilines is 1. The van der Waals surface area contributed by atoms with E-state index in [0.717, 1.165) is 21.4 Å². The number of rotatable bonds is 3. The quantitative estimate of drug-likeness (QED) is 0.905. The maximum Gasteiger partial charge on any atom is 0.282 e. The Bertz CT molecular complexity index is 543. The Morgan fingerprint density at radius 2 is 2.18 bits per heavy atom. The van der Waals surface area contributed by atoms with E-state index in [1.165, 1.54) is 0 Å². The zero-order valence-corrected chi connectivity index (χ0v) is 11.1. The molecule has 1 aromatic carbocycles. The van der Waals surface area contributed by atoms with E-state index in [1.54, 1.807) is 0 Å². The van der Waals surface area contributed by atoms with Gasteiger partial charge in [0.15, 0.2) is 0 Å². The van der Waals surface area contributed by atoms with Crippen molar-refractivity contribution in [2.45, 2.75) is 6.54 Å². The van der Waals surface area contributed by atoms with Crippen molar-refractivity contribution in [2.75, 3.05) is 5.73 Å². The smallest absolute Gasteiger partial charge is 0.282 e. The third kappa shape index (κ3) is 3.01. The number of nitrogens with zero attached hydrogens (tertiary/aromatic N) is 2. The molecule has 1 aromatic heterocycles. The van der Waals surface area contributed by atoms with E-state index >= 15 is 0 Å². The summed E-state index contributed by atoms with van der Waals surface area (Å²) < 4.78 is 0.956. The first-order valence-electron chi connectivity index (χ1n) is 4.77. The molecular weight excluding hydrogens is 304 g/mol. The second-order valence-electron chi connectivity index (χ2n) is 3.22. The number of nitrogens with two attached hydrogens (primary N) is 1. The summed E-state index contributed by atoms with van der Waals surface area (Å²) in [6, 6.07) is 7.68. The first kappa shape index (κ1) is 12.0. The Hall–Kier alpha value is -1.47. The molecule has 0 saturated carbocycles. The minimum absolute atomic E-state index is 0.269. The fraction of sp³-hybridized carbons (Fsp3) is 0.100. The van der Waals surface area contributed by atoms with Gasteiger partial charge in [0.2, 0.25) is 10.1 Å². The maximum atomic E-state index is 11.7. The molecule has 17 heavy (non-hydrogen) atoms. The van der Waals surface area contributed by atoms with Crippen LogP contribution in [0.15, 0.2) is 28.7 Å². The van der Waals surface area contributed by atoms with Gasteiger partial charge in [0.05, 0.1) is 0 Å². The van der Waals surface area contributed by atoms with Gasteiger partial charge in [-0.05, 0) is 11.6 Å². The summed E-state index contributed by atoms with van der Waals surface area (Å²) in [5.74, 6) is -0.269. The highest BCUT2D eigenvalue weighted by atomic mass is 79.9. The number of hydrogen-bond acceptors (Lipinski definition) is 5. The first-order chi connectivity index (χ1) is 8.16. The zero-order chi connectivity index (χ0) is 12.3. The zero-order valence-electron chi connectivity index (χ0n) is 8.68. The largest absolute Gasteiger partial charge is 0.374 e. The molecule has 2 aromatic rings. The van der Waals surface area contributed by atoms with Crippen LogP contribution in [0.5, 0.6) is 0 Å². The first-order valence-corrected chi connectivity index (χ1v) is 6.38. The van der Waals surface area contributed by atoms with Crippen LogP contribution in [0.1, 0.15) is 15.4 Å². The summed E-state index contributed by atoms with van der Waals surface area (Å²) >= 11 is 4.48. The Balaban J connectivity index is 1.99. The van der Waals surface area contributed by atoms with Crippen LogP contribution in [-0.2, 0) is 6.54 Å². The molecule has 5 nitrogen and oxygen atoms in total. The van der Waals surface area contributed by atoms with E-state index in [1.807, 2.05) is 24.3 Å². The number of amides is 1. The third-order valence-electron chi connectivity index (χ3n) is 2.03. The molecule has 1 amide bonds. The van der Waals surface area contributed by atoms with E-state index in [0.29, 0.717) is 6.54 Å². The molecule has 7 heteroatoms. The van der Waals surface area contributed by atoms with Gasteiger partial charge in [-0.25, -0.2) is 0 Å². The fourth-order valence-electron chi connectivity index (χ4n) is 1.22. The molecule has 0 atom stereocenters. The molecule has 0 radical (unpaired) electrons. The van der Waals surface area contributed by atoms with Crippen LogP contribution in [0, 0.1) is 0 Å². The highest BCUT2D eigenvalue weighted by Crippen LogP contribution is 2.16. The summed E-state index contributed by atoms with van der Waals surface area (Å²) in [4.78, 5) is 11.7. The number of hydrogen-bond donors (Lipinski definition) is 2. The Labute approximate surface area is 110 Å². The van der Waals surface area contributed by atoms with Crippen LogP contribution in [0.2, 0.25) is 0 Å². The van der Waals surface area contributed by atoms with Crippen molar-refractivity contribution in [1.29, 1.82) is 0 Å². The van der Waals surface area contributed by atoms with Gasteiger partial charge in [0.1, 0.15) is 0 Å². The van der Waals surface area contributed by atoms with Gasteiger partial charge in [-0.2, -0.15) is 0 Å². The summed E-state index contributed by atoms with van der Waals surface area (Å²) in [6.07, 6.45) is 0. The van der Waals surface area contributed by atoms with Gasteiger partial charge in [-0.3, -0.25) is 4.79 Å². The number of benzene rings is 1. The fourth-order valence-corrected chi connectivity index (χ4v) is 2.17. The van der Waals surface area contributed by atoms with E-state index in [4.69, 9.17) is 5.73 Å². The molecule has 0 spiro atoms. The Morgan fingerprint density at radius 1 is 1.41 bits per heavy atom. The number of halogens is 1. The van der Waals surface area contributed by atoms with Gasteiger partial charge < -0.3 is 11.1 Å². The molecule has 0 saturated heterocycles. The molecule has 88 valence electrons. The lowest BCUT2D eigenvalue weighted by molar-refractivity contribution is 0.0949. The van der Waals surface area contributed by atoms with Crippen LogP contribution in [-0.4, -0.2) is 16.1 Å². The van der Waals surface area contributed by atoms with Crippen LogP contribution < -0.4 is 11.1 Å². The van der Waals surface area contributed by atoms with Gasteiger partial charge >= 0.3 is 0 Å². The highest BCUT2D eigenvalue weighted by Gasteiger charge is 2.11. The van der Waals surface area contributed by atoms with Crippen molar-refractivity contribution in [3.8, 4) is 0 Å². The standard InChI is InChI=1S/C10H9BrN4OS/c11-7-4-2-1-3-6(7)5-13-8(16)9-14-15-10(12)17-9/h1-4H,5H2,(H2,12,15)(H,13,16). The minimum atomic E-state index is -0.269. The molecule has 3 N–H and O–H groups in total. The van der Waals surface area contributed by atoms with Crippen LogP contribution in [0.25, 0.3) is 0 Å². The molecule has 0 bridgehead atoms. The monoisotopic (exact) mass is 312 g/mol. The third-order valence-corrected chi connectivity index (χ3v) is 3.56. The second-order valence-corrected chi connectivity index (χ2v) is 5.08. The predicted molar refractivity (Wildman–Crippen MR) is 69.6 cm³/mol. The average Bonchev–Trinajstić information content (AvgIpc) is 2.74. The van der Waals surface area contributed by atoms with Crippen molar-refractivity contribution < 1.29 is 4.79 Å². The normalized spacial score (nSPS) is 10.2. The number of aromatic nitrogens is 2. The topological polar surface area (TPSA) is 80.9 Å². The van der Waals surface area contributed by atoms with Gasteiger partial charge in [0.25, 0.3) is 5.91 Å². The Kier molecular flexibility index (Phi) is 3.70. The molecule has 0 fully saturated rings. The van der Waals surface area contributed by atoms with E-state index < -0.39 is 0 Å². The van der Waals surface area contributed by atoms with Crippen molar-refractivity contribution in [3.63, 3.8) is 0 Å². The molecule has 0 aliphatic rings. The molecule has 2 rings (SSSR count). The molecule has 0 unspecified atom stereocenters. The van der Waals surface area contributed by atoms with Crippen molar-refractivity contribution in [3.05, 3.63) is 39.3 Å². The van der Waals surface area contributed by atoms with E-state index in [-0.39, 0.29) is 16.0 Å². The lowest BCUT2D eigenvalue weighted by Crippen LogP contribution is -2.22. The van der Waals surface area contributed by atoms with Gasteiger partial charge in [-0.1, -0.05) is 45.5 Å². The van der Waals surface area contributed by atoms with Crippen LogP contribution in [0.4, 0.5) is 5.13 Å². The lowest BCUT2D eigenvalue weighted by atomic mass is 10.2.